The largest absolute Gasteiger partial charge is 0.348 e. The van der Waals surface area contributed by atoms with Crippen LogP contribution in [0.5, 0.6) is 0 Å². The molecule has 0 saturated heterocycles. The van der Waals surface area contributed by atoms with Gasteiger partial charge in [-0.15, -0.1) is 0 Å². The van der Waals surface area contributed by atoms with Gasteiger partial charge in [0.25, 0.3) is 0 Å². The number of amides is 1. The average Bonchev–Trinajstić information content (AvgIpc) is 3.06. The molecule has 138 valence electrons. The first-order valence-corrected chi connectivity index (χ1v) is 9.34. The summed E-state index contributed by atoms with van der Waals surface area (Å²) in [5.74, 6) is -0.697. The van der Waals surface area contributed by atoms with Crippen molar-refractivity contribution in [3.05, 3.63) is 57.8 Å². The van der Waals surface area contributed by atoms with Crippen LogP contribution in [0.1, 0.15) is 49.9 Å². The predicted molar refractivity (Wildman–Crippen MR) is 99.6 cm³/mol. The van der Waals surface area contributed by atoms with Crippen LogP contribution in [0.4, 0.5) is 4.39 Å². The van der Waals surface area contributed by atoms with E-state index in [1.807, 2.05) is 0 Å². The highest BCUT2D eigenvalue weighted by molar-refractivity contribution is 6.42. The van der Waals surface area contributed by atoms with E-state index in [0.29, 0.717) is 5.69 Å². The van der Waals surface area contributed by atoms with E-state index >= 15 is 0 Å². The van der Waals surface area contributed by atoms with Crippen molar-refractivity contribution in [3.8, 4) is 0 Å². The van der Waals surface area contributed by atoms with E-state index in [1.54, 1.807) is 12.3 Å². The van der Waals surface area contributed by atoms with E-state index in [9.17, 15) is 9.18 Å². The second-order valence-corrected chi connectivity index (χ2v) is 7.78. The fourth-order valence-electron chi connectivity index (χ4n) is 3.67. The maximum Gasteiger partial charge on any atom is 0.226 e. The van der Waals surface area contributed by atoms with E-state index in [2.05, 4.69) is 22.2 Å². The summed E-state index contributed by atoms with van der Waals surface area (Å²) in [5.41, 5.74) is 0.585. The zero-order valence-corrected chi connectivity index (χ0v) is 15.9. The number of hydrogen-bond acceptors (Lipinski definition) is 3. The number of rotatable bonds is 5. The third-order valence-electron chi connectivity index (χ3n) is 5.10. The molecule has 1 atom stereocenters. The van der Waals surface area contributed by atoms with E-state index in [-0.39, 0.29) is 33.4 Å². The van der Waals surface area contributed by atoms with Crippen LogP contribution in [0.3, 0.4) is 0 Å². The Morgan fingerprint density at radius 1 is 1.31 bits per heavy atom. The summed E-state index contributed by atoms with van der Waals surface area (Å²) in [6.45, 7) is 2.06. The molecule has 1 fully saturated rings. The number of carbonyl (C=O) groups excluding carboxylic acids is 1. The third-order valence-corrected chi connectivity index (χ3v) is 5.92. The Kier molecular flexibility index (Phi) is 5.78. The monoisotopic (exact) mass is 395 g/mol. The molecule has 1 heterocycles. The normalized spacial score (nSPS) is 17.1. The fourth-order valence-corrected chi connectivity index (χ4v) is 4.10. The van der Waals surface area contributed by atoms with Gasteiger partial charge in [0.05, 0.1) is 28.2 Å². The Balaban J connectivity index is 1.92. The molecule has 0 unspecified atom stereocenters. The minimum absolute atomic E-state index is 0.0922. The van der Waals surface area contributed by atoms with Gasteiger partial charge < -0.3 is 5.32 Å². The minimum Gasteiger partial charge on any atom is -0.348 e. The van der Waals surface area contributed by atoms with Crippen molar-refractivity contribution in [2.45, 2.75) is 45.1 Å². The molecule has 1 aromatic heterocycles. The van der Waals surface area contributed by atoms with Gasteiger partial charge in [0, 0.05) is 11.8 Å². The van der Waals surface area contributed by atoms with Crippen LogP contribution in [0.25, 0.3) is 0 Å². The lowest BCUT2D eigenvalue weighted by Gasteiger charge is -2.36. The SMILES string of the molecule is CC1([C@H](NC(=O)Cc2ccncn2)c2c(F)ccc(Cl)c2Cl)CCCC1. The predicted octanol–water partition coefficient (Wildman–Crippen LogP) is 4.90. The number of aromatic nitrogens is 2. The van der Waals surface area contributed by atoms with Crippen molar-refractivity contribution in [2.24, 2.45) is 5.41 Å². The Morgan fingerprint density at radius 3 is 2.69 bits per heavy atom. The lowest BCUT2D eigenvalue weighted by Crippen LogP contribution is -2.39. The second kappa shape index (κ2) is 7.89. The molecule has 3 rings (SSSR count). The standard InChI is InChI=1S/C19H20Cl2FN3O/c1-19(7-2-3-8-19)18(16-14(22)5-4-13(20)17(16)21)25-15(26)10-12-6-9-23-11-24-12/h4-6,9,11,18H,2-3,7-8,10H2,1H3,(H,25,26)/t18-/m1/s1. The van der Waals surface area contributed by atoms with Crippen molar-refractivity contribution >= 4 is 29.1 Å². The summed E-state index contributed by atoms with van der Waals surface area (Å²) in [7, 11) is 0. The molecular formula is C19H20Cl2FN3O. The van der Waals surface area contributed by atoms with E-state index < -0.39 is 11.9 Å². The fraction of sp³-hybridized carbons (Fsp3) is 0.421. The van der Waals surface area contributed by atoms with Crippen LogP contribution in [-0.4, -0.2) is 15.9 Å². The maximum absolute atomic E-state index is 14.7. The van der Waals surface area contributed by atoms with Crippen LogP contribution in [0.2, 0.25) is 10.0 Å². The van der Waals surface area contributed by atoms with Crippen molar-refractivity contribution < 1.29 is 9.18 Å². The molecule has 4 nitrogen and oxygen atoms in total. The number of benzene rings is 1. The van der Waals surface area contributed by atoms with Gasteiger partial charge in [-0.2, -0.15) is 0 Å². The van der Waals surface area contributed by atoms with Crippen LogP contribution >= 0.6 is 23.2 Å². The molecule has 1 saturated carbocycles. The topological polar surface area (TPSA) is 54.9 Å². The molecule has 1 N–H and O–H groups in total. The summed E-state index contributed by atoms with van der Waals surface area (Å²) < 4.78 is 14.7. The van der Waals surface area contributed by atoms with E-state index in [0.717, 1.165) is 25.7 Å². The smallest absolute Gasteiger partial charge is 0.226 e. The van der Waals surface area contributed by atoms with Gasteiger partial charge in [-0.3, -0.25) is 4.79 Å². The van der Waals surface area contributed by atoms with Crippen molar-refractivity contribution in [1.29, 1.82) is 0 Å². The molecule has 0 aliphatic heterocycles. The highest BCUT2D eigenvalue weighted by Gasteiger charge is 2.41. The molecule has 26 heavy (non-hydrogen) atoms. The lowest BCUT2D eigenvalue weighted by molar-refractivity contribution is -0.122. The summed E-state index contributed by atoms with van der Waals surface area (Å²) in [5, 5.41) is 3.43. The van der Waals surface area contributed by atoms with Gasteiger partial charge in [-0.05, 0) is 36.5 Å². The minimum atomic E-state index is -0.550. The summed E-state index contributed by atoms with van der Waals surface area (Å²) in [6.07, 6.45) is 6.91. The Morgan fingerprint density at radius 2 is 2.04 bits per heavy atom. The second-order valence-electron chi connectivity index (χ2n) is 7.00. The van der Waals surface area contributed by atoms with Gasteiger partial charge in [0.1, 0.15) is 12.1 Å². The number of carbonyl (C=O) groups is 1. The first-order chi connectivity index (χ1) is 12.4. The van der Waals surface area contributed by atoms with Gasteiger partial charge in [-0.25, -0.2) is 14.4 Å². The molecule has 0 radical (unpaired) electrons. The lowest BCUT2D eigenvalue weighted by atomic mass is 9.77. The molecule has 1 aliphatic carbocycles. The summed E-state index contributed by atoms with van der Waals surface area (Å²) in [6, 6.07) is 3.86. The number of hydrogen-bond donors (Lipinski definition) is 1. The highest BCUT2D eigenvalue weighted by Crippen LogP contribution is 2.49. The number of halogens is 3. The van der Waals surface area contributed by atoms with Crippen LogP contribution in [0.15, 0.2) is 30.7 Å². The van der Waals surface area contributed by atoms with Crippen molar-refractivity contribution in [1.82, 2.24) is 15.3 Å². The molecular weight excluding hydrogens is 376 g/mol. The first kappa shape index (κ1) is 19.1. The van der Waals surface area contributed by atoms with E-state index in [4.69, 9.17) is 23.2 Å². The zero-order valence-electron chi connectivity index (χ0n) is 14.4. The highest BCUT2D eigenvalue weighted by atomic mass is 35.5. The number of nitrogens with zero attached hydrogens (tertiary/aromatic N) is 2. The van der Waals surface area contributed by atoms with Crippen LogP contribution in [0, 0.1) is 11.2 Å². The summed E-state index contributed by atoms with van der Waals surface area (Å²) in [4.78, 5) is 20.5. The quantitative estimate of drug-likeness (QED) is 0.732. The third kappa shape index (κ3) is 3.99. The van der Waals surface area contributed by atoms with Gasteiger partial charge in [0.2, 0.25) is 5.91 Å². The first-order valence-electron chi connectivity index (χ1n) is 8.58. The molecule has 1 aromatic carbocycles. The Bertz CT molecular complexity index is 795. The molecule has 1 aliphatic rings. The molecule has 2 aromatic rings. The van der Waals surface area contributed by atoms with Gasteiger partial charge in [0.15, 0.2) is 0 Å². The van der Waals surface area contributed by atoms with Gasteiger partial charge >= 0.3 is 0 Å². The van der Waals surface area contributed by atoms with Crippen molar-refractivity contribution in [3.63, 3.8) is 0 Å². The zero-order chi connectivity index (χ0) is 18.7. The maximum atomic E-state index is 14.7. The van der Waals surface area contributed by atoms with E-state index in [1.165, 1.54) is 18.5 Å². The number of nitrogens with one attached hydrogen (secondary N) is 1. The molecule has 0 spiro atoms. The molecule has 1 amide bonds. The average molecular weight is 396 g/mol. The summed E-state index contributed by atoms with van der Waals surface area (Å²) >= 11 is 12.5. The molecule has 0 bridgehead atoms. The van der Waals surface area contributed by atoms with Crippen LogP contribution in [-0.2, 0) is 11.2 Å². The Labute approximate surface area is 162 Å². The molecule has 7 heteroatoms. The van der Waals surface area contributed by atoms with Crippen molar-refractivity contribution in [2.75, 3.05) is 0 Å². The Hall–Kier alpha value is -1.72. The van der Waals surface area contributed by atoms with Crippen LogP contribution < -0.4 is 5.32 Å². The van der Waals surface area contributed by atoms with Gasteiger partial charge in [-0.1, -0.05) is 43.0 Å².